The number of amides is 1. The molecule has 2 saturated heterocycles. The lowest BCUT2D eigenvalue weighted by atomic mass is 9.96. The van der Waals surface area contributed by atoms with Gasteiger partial charge in [-0.1, -0.05) is 18.2 Å². The Bertz CT molecular complexity index is 741. The van der Waals surface area contributed by atoms with Gasteiger partial charge in [-0.15, -0.1) is 0 Å². The van der Waals surface area contributed by atoms with E-state index < -0.39 is 0 Å². The van der Waals surface area contributed by atoms with Gasteiger partial charge in [0.25, 0.3) is 0 Å². The highest BCUT2D eigenvalue weighted by Crippen LogP contribution is 2.27. The zero-order valence-corrected chi connectivity index (χ0v) is 14.7. The Hall–Kier alpha value is -2.14. The van der Waals surface area contributed by atoms with E-state index in [9.17, 15) is 4.79 Å². The maximum absolute atomic E-state index is 12.6. The van der Waals surface area contributed by atoms with Crippen molar-refractivity contribution in [1.29, 1.82) is 0 Å². The number of nitrogens with zero attached hydrogens (tertiary/aromatic N) is 2. The number of carbonyl (C=O) groups excluding carboxylic acids is 1. The molecule has 0 spiro atoms. The van der Waals surface area contributed by atoms with Gasteiger partial charge >= 0.3 is 0 Å². The minimum Gasteiger partial charge on any atom is -0.441 e. The topological polar surface area (TPSA) is 58.4 Å². The average Bonchev–Trinajstić information content (AvgIpc) is 3.23. The molecule has 0 saturated carbocycles. The van der Waals surface area contributed by atoms with Crippen LogP contribution in [0.25, 0.3) is 11.5 Å². The SMILES string of the molecule is Cc1oc(-c2ccccc2)nc1CC(=O)N[C@H]1CCCN2CCC[C@@H]12. The summed E-state index contributed by atoms with van der Waals surface area (Å²) in [5.41, 5.74) is 1.67. The molecule has 4 rings (SSSR count). The van der Waals surface area contributed by atoms with E-state index in [0.29, 0.717) is 11.9 Å². The van der Waals surface area contributed by atoms with Crippen LogP contribution in [0.4, 0.5) is 0 Å². The number of benzene rings is 1. The minimum absolute atomic E-state index is 0.0507. The Morgan fingerprint density at radius 1 is 1.24 bits per heavy atom. The number of hydrogen-bond donors (Lipinski definition) is 1. The van der Waals surface area contributed by atoms with E-state index in [1.807, 2.05) is 37.3 Å². The second-order valence-corrected chi connectivity index (χ2v) is 7.13. The molecule has 0 bridgehead atoms. The molecule has 132 valence electrons. The van der Waals surface area contributed by atoms with E-state index in [1.54, 1.807) is 0 Å². The molecule has 1 amide bonds. The van der Waals surface area contributed by atoms with Crippen LogP contribution in [0.15, 0.2) is 34.7 Å². The number of hydrogen-bond acceptors (Lipinski definition) is 4. The molecule has 0 aliphatic carbocycles. The zero-order chi connectivity index (χ0) is 17.2. The van der Waals surface area contributed by atoms with Crippen LogP contribution >= 0.6 is 0 Å². The summed E-state index contributed by atoms with van der Waals surface area (Å²) in [5.74, 6) is 1.36. The van der Waals surface area contributed by atoms with Crippen LogP contribution in [0.3, 0.4) is 0 Å². The summed E-state index contributed by atoms with van der Waals surface area (Å²) < 4.78 is 5.76. The quantitative estimate of drug-likeness (QED) is 0.930. The van der Waals surface area contributed by atoms with Crippen LogP contribution < -0.4 is 5.32 Å². The summed E-state index contributed by atoms with van der Waals surface area (Å²) >= 11 is 0. The van der Waals surface area contributed by atoms with Crippen molar-refractivity contribution in [2.45, 2.75) is 51.1 Å². The lowest BCUT2D eigenvalue weighted by Crippen LogP contribution is -2.52. The second-order valence-electron chi connectivity index (χ2n) is 7.13. The highest BCUT2D eigenvalue weighted by atomic mass is 16.4. The first-order valence-corrected chi connectivity index (χ1v) is 9.26. The Morgan fingerprint density at radius 3 is 2.80 bits per heavy atom. The fourth-order valence-corrected chi connectivity index (χ4v) is 4.17. The van der Waals surface area contributed by atoms with Gasteiger partial charge in [0.2, 0.25) is 11.8 Å². The smallest absolute Gasteiger partial charge is 0.226 e. The predicted octanol–water partition coefficient (Wildman–Crippen LogP) is 2.94. The standard InChI is InChI=1S/C20H25N3O2/c1-14-17(22-20(25-14)15-7-3-2-4-8-15)13-19(24)21-16-9-5-11-23-12-6-10-18(16)23/h2-4,7-8,16,18H,5-6,9-13H2,1H3,(H,21,24)/t16-,18-/m0/s1. The van der Waals surface area contributed by atoms with Crippen molar-refractivity contribution in [3.05, 3.63) is 41.8 Å². The third-order valence-corrected chi connectivity index (χ3v) is 5.43. The number of rotatable bonds is 4. The van der Waals surface area contributed by atoms with Crippen LogP contribution in [0.1, 0.15) is 37.1 Å². The van der Waals surface area contributed by atoms with Gasteiger partial charge in [0.15, 0.2) is 0 Å². The molecule has 0 radical (unpaired) electrons. The summed E-state index contributed by atoms with van der Waals surface area (Å²) in [6, 6.07) is 10.6. The highest BCUT2D eigenvalue weighted by molar-refractivity contribution is 5.79. The molecule has 2 fully saturated rings. The Balaban J connectivity index is 1.42. The zero-order valence-electron chi connectivity index (χ0n) is 14.7. The first kappa shape index (κ1) is 16.3. The first-order valence-electron chi connectivity index (χ1n) is 9.26. The molecule has 2 aliphatic heterocycles. The lowest BCUT2D eigenvalue weighted by molar-refractivity contribution is -0.121. The average molecular weight is 339 g/mol. The van der Waals surface area contributed by atoms with Gasteiger partial charge < -0.3 is 9.73 Å². The van der Waals surface area contributed by atoms with Crippen molar-refractivity contribution in [2.24, 2.45) is 0 Å². The number of fused-ring (bicyclic) bond motifs is 1. The molecule has 5 heteroatoms. The maximum Gasteiger partial charge on any atom is 0.226 e. The van der Waals surface area contributed by atoms with E-state index in [1.165, 1.54) is 32.4 Å². The first-order chi connectivity index (χ1) is 12.2. The van der Waals surface area contributed by atoms with Gasteiger partial charge in [0, 0.05) is 17.6 Å². The summed E-state index contributed by atoms with van der Waals surface area (Å²) in [4.78, 5) is 19.6. The number of piperidine rings is 1. The molecular formula is C20H25N3O2. The molecule has 2 aromatic rings. The van der Waals surface area contributed by atoms with Crippen LogP contribution in [-0.2, 0) is 11.2 Å². The molecule has 2 aliphatic rings. The molecule has 1 aromatic carbocycles. The molecule has 1 aromatic heterocycles. The molecular weight excluding hydrogens is 314 g/mol. The molecule has 25 heavy (non-hydrogen) atoms. The normalized spacial score (nSPS) is 23.4. The van der Waals surface area contributed by atoms with Crippen molar-refractivity contribution < 1.29 is 9.21 Å². The fourth-order valence-electron chi connectivity index (χ4n) is 4.17. The molecule has 5 nitrogen and oxygen atoms in total. The van der Waals surface area contributed by atoms with Gasteiger partial charge in [-0.05, 0) is 57.8 Å². The van der Waals surface area contributed by atoms with Crippen LogP contribution in [0.5, 0.6) is 0 Å². The van der Waals surface area contributed by atoms with Crippen molar-refractivity contribution in [1.82, 2.24) is 15.2 Å². The Labute approximate surface area is 148 Å². The Kier molecular flexibility index (Phi) is 4.57. The fraction of sp³-hybridized carbons (Fsp3) is 0.500. The predicted molar refractivity (Wildman–Crippen MR) is 96.1 cm³/mol. The van der Waals surface area contributed by atoms with Crippen molar-refractivity contribution in [2.75, 3.05) is 13.1 Å². The number of carbonyl (C=O) groups is 1. The van der Waals surface area contributed by atoms with E-state index in [0.717, 1.165) is 23.4 Å². The van der Waals surface area contributed by atoms with Crippen LogP contribution in [0, 0.1) is 6.92 Å². The Morgan fingerprint density at radius 2 is 2.00 bits per heavy atom. The van der Waals surface area contributed by atoms with E-state index in [2.05, 4.69) is 15.2 Å². The lowest BCUT2D eigenvalue weighted by Gasteiger charge is -2.37. The summed E-state index contributed by atoms with van der Waals surface area (Å²) in [6.45, 7) is 4.24. The molecule has 0 unspecified atom stereocenters. The van der Waals surface area contributed by atoms with Crippen LogP contribution in [-0.4, -0.2) is 41.0 Å². The van der Waals surface area contributed by atoms with Gasteiger partial charge in [-0.25, -0.2) is 4.98 Å². The molecule has 1 N–H and O–H groups in total. The molecule has 2 atom stereocenters. The van der Waals surface area contributed by atoms with Crippen molar-refractivity contribution >= 4 is 5.91 Å². The van der Waals surface area contributed by atoms with Gasteiger partial charge in [0.1, 0.15) is 5.76 Å². The van der Waals surface area contributed by atoms with Crippen molar-refractivity contribution in [3.63, 3.8) is 0 Å². The van der Waals surface area contributed by atoms with Gasteiger partial charge in [-0.2, -0.15) is 0 Å². The van der Waals surface area contributed by atoms with E-state index in [4.69, 9.17) is 4.42 Å². The largest absolute Gasteiger partial charge is 0.441 e. The van der Waals surface area contributed by atoms with Crippen LogP contribution in [0.2, 0.25) is 0 Å². The third kappa shape index (κ3) is 3.47. The number of aromatic nitrogens is 1. The highest BCUT2D eigenvalue weighted by Gasteiger charge is 2.35. The van der Waals surface area contributed by atoms with Crippen molar-refractivity contribution in [3.8, 4) is 11.5 Å². The summed E-state index contributed by atoms with van der Waals surface area (Å²) in [6.07, 6.45) is 4.99. The molecule has 3 heterocycles. The maximum atomic E-state index is 12.6. The number of nitrogens with one attached hydrogen (secondary N) is 1. The summed E-state index contributed by atoms with van der Waals surface area (Å²) in [7, 11) is 0. The summed E-state index contributed by atoms with van der Waals surface area (Å²) in [5, 5.41) is 3.25. The van der Waals surface area contributed by atoms with E-state index in [-0.39, 0.29) is 18.4 Å². The monoisotopic (exact) mass is 339 g/mol. The van der Waals surface area contributed by atoms with E-state index >= 15 is 0 Å². The van der Waals surface area contributed by atoms with Gasteiger partial charge in [-0.3, -0.25) is 9.69 Å². The number of oxazole rings is 1. The van der Waals surface area contributed by atoms with Gasteiger partial charge in [0.05, 0.1) is 12.1 Å². The minimum atomic E-state index is 0.0507. The number of aryl methyl sites for hydroxylation is 1. The third-order valence-electron chi connectivity index (χ3n) is 5.43. The second kappa shape index (κ2) is 7.00.